The summed E-state index contributed by atoms with van der Waals surface area (Å²) in [4.78, 5) is 12.0. The molecule has 0 amide bonds. The van der Waals surface area contributed by atoms with Crippen LogP contribution in [0.4, 0.5) is 19.1 Å². The molecule has 3 aromatic rings. The van der Waals surface area contributed by atoms with Gasteiger partial charge in [0.15, 0.2) is 0 Å². The summed E-state index contributed by atoms with van der Waals surface area (Å²) in [6, 6.07) is 11.0. The minimum Gasteiger partial charge on any atom is -0.467 e. The zero-order chi connectivity index (χ0) is 20.1. The number of halogens is 3. The average molecular weight is 392 g/mol. The van der Waals surface area contributed by atoms with E-state index in [1.807, 2.05) is 0 Å². The maximum Gasteiger partial charge on any atom is 0.416 e. The molecule has 0 atom stereocenters. The first-order chi connectivity index (χ1) is 13.4. The SMILES string of the molecule is CNc1nc(OC)nc(Oc2ccc(Oc3ccc(C(F)(F)F)cc3)cc2)n1. The van der Waals surface area contributed by atoms with E-state index in [2.05, 4.69) is 20.3 Å². The molecule has 1 N–H and O–H groups in total. The van der Waals surface area contributed by atoms with Crippen LogP contribution in [0.3, 0.4) is 0 Å². The van der Waals surface area contributed by atoms with Crippen molar-refractivity contribution in [3.8, 4) is 29.3 Å². The van der Waals surface area contributed by atoms with E-state index in [1.165, 1.54) is 19.2 Å². The van der Waals surface area contributed by atoms with Crippen LogP contribution < -0.4 is 19.5 Å². The van der Waals surface area contributed by atoms with Crippen LogP contribution >= 0.6 is 0 Å². The lowest BCUT2D eigenvalue weighted by Gasteiger charge is -2.10. The topological polar surface area (TPSA) is 78.4 Å². The summed E-state index contributed by atoms with van der Waals surface area (Å²) >= 11 is 0. The molecule has 0 spiro atoms. The molecule has 0 aliphatic carbocycles. The zero-order valence-electron chi connectivity index (χ0n) is 14.8. The zero-order valence-corrected chi connectivity index (χ0v) is 14.8. The summed E-state index contributed by atoms with van der Waals surface area (Å²) in [7, 11) is 3.07. The molecule has 1 aromatic heterocycles. The van der Waals surface area contributed by atoms with Gasteiger partial charge in [0.1, 0.15) is 17.2 Å². The van der Waals surface area contributed by atoms with E-state index in [0.717, 1.165) is 12.1 Å². The molecule has 0 aliphatic heterocycles. The highest BCUT2D eigenvalue weighted by Crippen LogP contribution is 2.32. The van der Waals surface area contributed by atoms with Crippen molar-refractivity contribution >= 4 is 5.95 Å². The third-order valence-corrected chi connectivity index (χ3v) is 3.45. The van der Waals surface area contributed by atoms with Gasteiger partial charge in [-0.3, -0.25) is 0 Å². The van der Waals surface area contributed by atoms with Gasteiger partial charge in [0.25, 0.3) is 0 Å². The Labute approximate surface area is 158 Å². The minimum atomic E-state index is -4.39. The molecule has 2 aromatic carbocycles. The normalized spacial score (nSPS) is 11.0. The Hall–Kier alpha value is -3.56. The van der Waals surface area contributed by atoms with Crippen LogP contribution in [0.1, 0.15) is 5.56 Å². The highest BCUT2D eigenvalue weighted by atomic mass is 19.4. The van der Waals surface area contributed by atoms with Gasteiger partial charge >= 0.3 is 18.2 Å². The third-order valence-electron chi connectivity index (χ3n) is 3.45. The lowest BCUT2D eigenvalue weighted by atomic mass is 10.2. The van der Waals surface area contributed by atoms with Gasteiger partial charge in [-0.25, -0.2) is 0 Å². The van der Waals surface area contributed by atoms with Gasteiger partial charge in [-0.1, -0.05) is 0 Å². The number of aromatic nitrogens is 3. The van der Waals surface area contributed by atoms with Crippen LogP contribution in [-0.4, -0.2) is 29.1 Å². The van der Waals surface area contributed by atoms with Crippen LogP contribution in [0, 0.1) is 0 Å². The molecule has 28 heavy (non-hydrogen) atoms. The number of hydrogen-bond acceptors (Lipinski definition) is 7. The number of nitrogens with one attached hydrogen (secondary N) is 1. The summed E-state index contributed by atoms with van der Waals surface area (Å²) < 4.78 is 53.8. The molecule has 0 saturated carbocycles. The Bertz CT molecular complexity index is 910. The molecule has 7 nitrogen and oxygen atoms in total. The highest BCUT2D eigenvalue weighted by molar-refractivity contribution is 5.38. The predicted molar refractivity (Wildman–Crippen MR) is 94.0 cm³/mol. The van der Waals surface area contributed by atoms with Gasteiger partial charge in [-0.05, 0) is 48.5 Å². The van der Waals surface area contributed by atoms with Crippen molar-refractivity contribution in [2.45, 2.75) is 6.18 Å². The van der Waals surface area contributed by atoms with E-state index in [0.29, 0.717) is 11.5 Å². The van der Waals surface area contributed by atoms with Gasteiger partial charge < -0.3 is 19.5 Å². The number of benzene rings is 2. The maximum atomic E-state index is 12.6. The molecule has 3 rings (SSSR count). The van der Waals surface area contributed by atoms with Crippen molar-refractivity contribution < 1.29 is 27.4 Å². The average Bonchev–Trinajstić information content (AvgIpc) is 2.69. The summed E-state index contributed by atoms with van der Waals surface area (Å²) in [5, 5.41) is 2.76. The second-order valence-corrected chi connectivity index (χ2v) is 5.38. The Balaban J connectivity index is 1.68. The first kappa shape index (κ1) is 19.2. The van der Waals surface area contributed by atoms with Gasteiger partial charge in [-0.2, -0.15) is 23.1 Å². The lowest BCUT2D eigenvalue weighted by molar-refractivity contribution is -0.137. The number of anilines is 1. The largest absolute Gasteiger partial charge is 0.467 e. The monoisotopic (exact) mass is 392 g/mol. The molecule has 0 bridgehead atoms. The Morgan fingerprint density at radius 3 is 1.75 bits per heavy atom. The summed E-state index contributed by atoms with van der Waals surface area (Å²) in [5.74, 6) is 1.41. The molecule has 0 unspecified atom stereocenters. The third kappa shape index (κ3) is 4.78. The molecule has 1 heterocycles. The summed E-state index contributed by atoms with van der Waals surface area (Å²) in [6.07, 6.45) is -4.39. The fraction of sp³-hybridized carbons (Fsp3) is 0.167. The van der Waals surface area contributed by atoms with Crippen LogP contribution in [-0.2, 0) is 6.18 Å². The standard InChI is InChI=1S/C18H15F3N4O3/c1-22-15-23-16(26-2)25-17(24-15)28-14-9-7-13(8-10-14)27-12-5-3-11(4-6-12)18(19,20)21/h3-10H,1-2H3,(H,22,23,24,25). The van der Waals surface area contributed by atoms with Gasteiger partial charge in [0.2, 0.25) is 5.95 Å². The predicted octanol–water partition coefficient (Wildman–Crippen LogP) is 4.53. The van der Waals surface area contributed by atoms with Crippen molar-refractivity contribution in [2.75, 3.05) is 19.5 Å². The number of nitrogens with zero attached hydrogens (tertiary/aromatic N) is 3. The Kier molecular flexibility index (Phi) is 5.48. The Morgan fingerprint density at radius 2 is 1.25 bits per heavy atom. The molecular weight excluding hydrogens is 377 g/mol. The number of alkyl halides is 3. The number of hydrogen-bond donors (Lipinski definition) is 1. The second kappa shape index (κ2) is 7.99. The molecule has 0 radical (unpaired) electrons. The summed E-state index contributed by atoms with van der Waals surface area (Å²) in [6.45, 7) is 0. The van der Waals surface area contributed by atoms with Crippen molar-refractivity contribution in [1.29, 1.82) is 0 Å². The van der Waals surface area contributed by atoms with Crippen molar-refractivity contribution in [1.82, 2.24) is 15.0 Å². The fourth-order valence-corrected chi connectivity index (χ4v) is 2.12. The van der Waals surface area contributed by atoms with Gasteiger partial charge in [-0.15, -0.1) is 4.98 Å². The van der Waals surface area contributed by atoms with E-state index >= 15 is 0 Å². The van der Waals surface area contributed by atoms with Crippen LogP contribution in [0.2, 0.25) is 0 Å². The lowest BCUT2D eigenvalue weighted by Crippen LogP contribution is -2.04. The quantitative estimate of drug-likeness (QED) is 0.660. The summed E-state index contributed by atoms with van der Waals surface area (Å²) in [5.41, 5.74) is -0.739. The van der Waals surface area contributed by atoms with E-state index in [-0.39, 0.29) is 23.7 Å². The molecule has 146 valence electrons. The number of ether oxygens (including phenoxy) is 3. The number of methoxy groups -OCH3 is 1. The van der Waals surface area contributed by atoms with E-state index in [9.17, 15) is 13.2 Å². The first-order valence-electron chi connectivity index (χ1n) is 7.98. The second-order valence-electron chi connectivity index (χ2n) is 5.38. The highest BCUT2D eigenvalue weighted by Gasteiger charge is 2.30. The first-order valence-corrected chi connectivity index (χ1v) is 7.98. The van der Waals surface area contributed by atoms with Gasteiger partial charge in [0, 0.05) is 7.05 Å². The van der Waals surface area contributed by atoms with E-state index in [1.54, 1.807) is 31.3 Å². The van der Waals surface area contributed by atoms with E-state index < -0.39 is 11.7 Å². The van der Waals surface area contributed by atoms with Crippen molar-refractivity contribution in [3.05, 3.63) is 54.1 Å². The van der Waals surface area contributed by atoms with Crippen molar-refractivity contribution in [2.24, 2.45) is 0 Å². The number of rotatable bonds is 6. The molecule has 0 aliphatic rings. The van der Waals surface area contributed by atoms with Crippen molar-refractivity contribution in [3.63, 3.8) is 0 Å². The van der Waals surface area contributed by atoms with Crippen LogP contribution in [0.15, 0.2) is 48.5 Å². The molecular formula is C18H15F3N4O3. The molecule has 0 fully saturated rings. The Morgan fingerprint density at radius 1 is 0.750 bits per heavy atom. The fourth-order valence-electron chi connectivity index (χ4n) is 2.12. The van der Waals surface area contributed by atoms with Crippen LogP contribution in [0.5, 0.6) is 29.3 Å². The van der Waals surface area contributed by atoms with E-state index in [4.69, 9.17) is 14.2 Å². The molecule has 10 heteroatoms. The van der Waals surface area contributed by atoms with Gasteiger partial charge in [0.05, 0.1) is 12.7 Å². The minimum absolute atomic E-state index is 0.0348. The van der Waals surface area contributed by atoms with Crippen LogP contribution in [0.25, 0.3) is 0 Å². The smallest absolute Gasteiger partial charge is 0.416 e. The maximum absolute atomic E-state index is 12.6. The molecule has 0 saturated heterocycles.